The van der Waals surface area contributed by atoms with Crippen molar-refractivity contribution in [1.82, 2.24) is 15.2 Å². The van der Waals surface area contributed by atoms with E-state index in [1.54, 1.807) is 18.2 Å². The lowest BCUT2D eigenvalue weighted by molar-refractivity contribution is 0.306. The summed E-state index contributed by atoms with van der Waals surface area (Å²) in [5.41, 5.74) is 3.24. The Morgan fingerprint density at radius 2 is 1.70 bits per heavy atom. The minimum Gasteiger partial charge on any atom is -0.489 e. The molecule has 1 heterocycles. The summed E-state index contributed by atoms with van der Waals surface area (Å²) >= 11 is 0. The van der Waals surface area contributed by atoms with Gasteiger partial charge in [0.25, 0.3) is 0 Å². The standard InChI is InChI=1S/C23H18N6O/c24-14-18-7-4-8-20(13-18)26-22-15-25-29-23(28-22)27-19-9-11-21(12-10-19)30-16-17-5-2-1-3-6-17/h1-13,15H,16H2,(H2,26,27,28,29). The van der Waals surface area contributed by atoms with E-state index in [2.05, 4.69) is 31.9 Å². The van der Waals surface area contributed by atoms with Gasteiger partial charge >= 0.3 is 0 Å². The lowest BCUT2D eigenvalue weighted by Gasteiger charge is -2.09. The molecule has 0 fully saturated rings. The fraction of sp³-hybridized carbons (Fsp3) is 0.0435. The minimum atomic E-state index is 0.356. The van der Waals surface area contributed by atoms with E-state index in [1.807, 2.05) is 60.7 Å². The minimum absolute atomic E-state index is 0.356. The number of benzene rings is 3. The van der Waals surface area contributed by atoms with Gasteiger partial charge in [0.05, 0.1) is 17.8 Å². The van der Waals surface area contributed by atoms with Gasteiger partial charge < -0.3 is 15.4 Å². The molecule has 0 saturated heterocycles. The summed E-state index contributed by atoms with van der Waals surface area (Å²) in [6, 6.07) is 26.8. The lowest BCUT2D eigenvalue weighted by atomic mass is 10.2. The van der Waals surface area contributed by atoms with E-state index in [4.69, 9.17) is 10.00 Å². The van der Waals surface area contributed by atoms with Crippen LogP contribution in [-0.2, 0) is 6.61 Å². The van der Waals surface area contributed by atoms with E-state index in [-0.39, 0.29) is 0 Å². The first-order chi connectivity index (χ1) is 14.8. The second-order valence-corrected chi connectivity index (χ2v) is 6.41. The fourth-order valence-corrected chi connectivity index (χ4v) is 2.74. The quantitative estimate of drug-likeness (QED) is 0.464. The molecule has 3 aromatic carbocycles. The number of hydrogen-bond donors (Lipinski definition) is 2. The Kier molecular flexibility index (Phi) is 5.78. The summed E-state index contributed by atoms with van der Waals surface area (Å²) in [5, 5.41) is 23.2. The highest BCUT2D eigenvalue weighted by molar-refractivity contribution is 5.60. The average molecular weight is 394 g/mol. The molecule has 4 rings (SSSR count). The number of anilines is 4. The van der Waals surface area contributed by atoms with Crippen LogP contribution in [0.15, 0.2) is 85.1 Å². The summed E-state index contributed by atoms with van der Waals surface area (Å²) in [6.07, 6.45) is 1.52. The van der Waals surface area contributed by atoms with Crippen molar-refractivity contribution < 1.29 is 4.74 Å². The van der Waals surface area contributed by atoms with Crippen LogP contribution in [0.3, 0.4) is 0 Å². The maximum Gasteiger partial charge on any atom is 0.249 e. The largest absolute Gasteiger partial charge is 0.489 e. The first kappa shape index (κ1) is 18.9. The Hall–Kier alpha value is -4.44. The third-order valence-corrected chi connectivity index (χ3v) is 4.18. The van der Waals surface area contributed by atoms with Crippen LogP contribution in [0.25, 0.3) is 0 Å². The maximum atomic E-state index is 9.01. The lowest BCUT2D eigenvalue weighted by Crippen LogP contribution is -2.02. The van der Waals surface area contributed by atoms with Crippen molar-refractivity contribution in [2.24, 2.45) is 0 Å². The van der Waals surface area contributed by atoms with Crippen molar-refractivity contribution in [3.8, 4) is 11.8 Å². The van der Waals surface area contributed by atoms with Gasteiger partial charge in [-0.1, -0.05) is 36.4 Å². The van der Waals surface area contributed by atoms with Gasteiger partial charge in [-0.25, -0.2) is 0 Å². The van der Waals surface area contributed by atoms with Gasteiger partial charge in [0, 0.05) is 11.4 Å². The normalized spacial score (nSPS) is 10.1. The highest BCUT2D eigenvalue weighted by atomic mass is 16.5. The number of nitriles is 1. The zero-order chi connectivity index (χ0) is 20.6. The SMILES string of the molecule is N#Cc1cccc(Nc2cnnc(Nc3ccc(OCc4ccccc4)cc3)n2)c1. The molecule has 1 aromatic heterocycles. The van der Waals surface area contributed by atoms with E-state index in [9.17, 15) is 0 Å². The van der Waals surface area contributed by atoms with Crippen LogP contribution < -0.4 is 15.4 Å². The van der Waals surface area contributed by atoms with Crippen molar-refractivity contribution in [3.63, 3.8) is 0 Å². The molecule has 0 amide bonds. The van der Waals surface area contributed by atoms with Gasteiger partial charge in [-0.15, -0.1) is 5.10 Å². The first-order valence-corrected chi connectivity index (χ1v) is 9.29. The number of nitrogens with zero attached hydrogens (tertiary/aromatic N) is 4. The summed E-state index contributed by atoms with van der Waals surface area (Å²) in [6.45, 7) is 0.515. The van der Waals surface area contributed by atoms with Gasteiger partial charge in [0.2, 0.25) is 5.95 Å². The second-order valence-electron chi connectivity index (χ2n) is 6.41. The Labute approximate surface area is 174 Å². The summed E-state index contributed by atoms with van der Waals surface area (Å²) in [7, 11) is 0. The van der Waals surface area contributed by atoms with Crippen LogP contribution >= 0.6 is 0 Å². The number of nitrogens with one attached hydrogen (secondary N) is 2. The van der Waals surface area contributed by atoms with Gasteiger partial charge in [-0.3, -0.25) is 0 Å². The first-order valence-electron chi connectivity index (χ1n) is 9.29. The van der Waals surface area contributed by atoms with Crippen molar-refractivity contribution >= 4 is 23.1 Å². The zero-order valence-corrected chi connectivity index (χ0v) is 16.0. The van der Waals surface area contributed by atoms with E-state index in [1.165, 1.54) is 6.20 Å². The molecule has 0 aliphatic heterocycles. The van der Waals surface area contributed by atoms with Crippen LogP contribution in [0, 0.1) is 11.3 Å². The number of hydrogen-bond acceptors (Lipinski definition) is 7. The summed E-state index contributed by atoms with van der Waals surface area (Å²) in [5.74, 6) is 1.65. The molecule has 30 heavy (non-hydrogen) atoms. The van der Waals surface area contributed by atoms with Crippen LogP contribution in [-0.4, -0.2) is 15.2 Å². The monoisotopic (exact) mass is 394 g/mol. The Balaban J connectivity index is 1.38. The molecule has 4 aromatic rings. The fourth-order valence-electron chi connectivity index (χ4n) is 2.74. The van der Waals surface area contributed by atoms with Gasteiger partial charge in [0.15, 0.2) is 5.82 Å². The van der Waals surface area contributed by atoms with Gasteiger partial charge in [-0.2, -0.15) is 15.3 Å². The van der Waals surface area contributed by atoms with Gasteiger partial charge in [-0.05, 0) is 48.0 Å². The predicted octanol–water partition coefficient (Wildman–Crippen LogP) is 4.81. The van der Waals surface area contributed by atoms with Crippen LogP contribution in [0.1, 0.15) is 11.1 Å². The third-order valence-electron chi connectivity index (χ3n) is 4.18. The second kappa shape index (κ2) is 9.17. The van der Waals surface area contributed by atoms with E-state index >= 15 is 0 Å². The molecule has 0 bridgehead atoms. The summed E-state index contributed by atoms with van der Waals surface area (Å²) < 4.78 is 5.80. The van der Waals surface area contributed by atoms with Crippen LogP contribution in [0.5, 0.6) is 5.75 Å². The number of rotatable bonds is 7. The van der Waals surface area contributed by atoms with Crippen molar-refractivity contribution in [3.05, 3.63) is 96.2 Å². The molecule has 146 valence electrons. The molecule has 0 atom stereocenters. The maximum absolute atomic E-state index is 9.01. The van der Waals surface area contributed by atoms with Crippen molar-refractivity contribution in [2.75, 3.05) is 10.6 Å². The molecule has 7 nitrogen and oxygen atoms in total. The Morgan fingerprint density at radius 1 is 0.867 bits per heavy atom. The summed E-state index contributed by atoms with van der Waals surface area (Å²) in [4.78, 5) is 4.41. The molecular formula is C23H18N6O. The topological polar surface area (TPSA) is 95.8 Å². The Bertz CT molecular complexity index is 1160. The molecule has 0 aliphatic rings. The highest BCUT2D eigenvalue weighted by Gasteiger charge is 2.04. The zero-order valence-electron chi connectivity index (χ0n) is 16.0. The molecule has 7 heteroatoms. The Morgan fingerprint density at radius 3 is 2.50 bits per heavy atom. The number of ether oxygens (including phenoxy) is 1. The molecular weight excluding hydrogens is 376 g/mol. The van der Waals surface area contributed by atoms with E-state index in [0.29, 0.717) is 23.9 Å². The van der Waals surface area contributed by atoms with Crippen molar-refractivity contribution in [2.45, 2.75) is 6.61 Å². The molecule has 0 spiro atoms. The average Bonchev–Trinajstić information content (AvgIpc) is 2.80. The molecule has 0 radical (unpaired) electrons. The number of aromatic nitrogens is 3. The smallest absolute Gasteiger partial charge is 0.249 e. The molecule has 0 saturated carbocycles. The predicted molar refractivity (Wildman–Crippen MR) is 115 cm³/mol. The van der Waals surface area contributed by atoms with Gasteiger partial charge in [0.1, 0.15) is 12.4 Å². The molecule has 0 aliphatic carbocycles. The van der Waals surface area contributed by atoms with Crippen LogP contribution in [0.4, 0.5) is 23.1 Å². The van der Waals surface area contributed by atoms with E-state index < -0.39 is 0 Å². The van der Waals surface area contributed by atoms with Crippen LogP contribution in [0.2, 0.25) is 0 Å². The van der Waals surface area contributed by atoms with E-state index in [0.717, 1.165) is 22.7 Å². The van der Waals surface area contributed by atoms with Crippen molar-refractivity contribution in [1.29, 1.82) is 5.26 Å². The third kappa shape index (κ3) is 5.09. The highest BCUT2D eigenvalue weighted by Crippen LogP contribution is 2.20. The molecule has 2 N–H and O–H groups in total. The molecule has 0 unspecified atom stereocenters.